The molecule has 5 nitrogen and oxygen atoms in total. The molecule has 0 saturated heterocycles. The number of aromatic nitrogens is 2. The second-order valence-corrected chi connectivity index (χ2v) is 9.51. The van der Waals surface area contributed by atoms with Crippen molar-refractivity contribution < 1.29 is 9.53 Å². The van der Waals surface area contributed by atoms with Gasteiger partial charge in [0.05, 0.1) is 5.92 Å². The van der Waals surface area contributed by atoms with Crippen LogP contribution >= 0.6 is 0 Å². The zero-order valence-corrected chi connectivity index (χ0v) is 20.5. The van der Waals surface area contributed by atoms with Crippen molar-refractivity contribution in [2.75, 3.05) is 5.32 Å². The van der Waals surface area contributed by atoms with Crippen LogP contribution in [0.4, 0.5) is 5.82 Å². The third-order valence-electron chi connectivity index (χ3n) is 6.98. The first kappa shape index (κ1) is 23.2. The standard InChI is InChI=1S/C30H33N3O2/c1-3-24(22-12-6-4-7-13-22)30(34)35-26-17-11-10-16-25(26)28-29(31-23-14-8-5-9-15-23)33-19-18-21(2)20-27(33)32-28/h4,6-7,10-13,16-20,23-24,31H,3,5,8-9,14-15H2,1-2H3. The van der Waals surface area contributed by atoms with E-state index in [1.165, 1.54) is 19.3 Å². The van der Waals surface area contributed by atoms with Crippen molar-refractivity contribution in [2.45, 2.75) is 64.3 Å². The molecule has 1 fully saturated rings. The first-order valence-electron chi connectivity index (χ1n) is 12.8. The number of esters is 1. The summed E-state index contributed by atoms with van der Waals surface area (Å²) in [7, 11) is 0. The third-order valence-corrected chi connectivity index (χ3v) is 6.98. The number of ether oxygens (including phenoxy) is 1. The summed E-state index contributed by atoms with van der Waals surface area (Å²) in [6.07, 6.45) is 8.85. The maximum absolute atomic E-state index is 13.3. The fraction of sp³-hybridized carbons (Fsp3) is 0.333. The van der Waals surface area contributed by atoms with Gasteiger partial charge in [-0.1, -0.05) is 68.7 Å². The molecule has 0 spiro atoms. The first-order chi connectivity index (χ1) is 17.1. The van der Waals surface area contributed by atoms with E-state index in [0.717, 1.165) is 46.7 Å². The number of rotatable bonds is 7. The van der Waals surface area contributed by atoms with E-state index in [0.29, 0.717) is 18.2 Å². The highest BCUT2D eigenvalue weighted by molar-refractivity contribution is 5.85. The minimum absolute atomic E-state index is 0.243. The number of para-hydroxylation sites is 1. The Balaban J connectivity index is 1.53. The molecule has 0 aliphatic heterocycles. The van der Waals surface area contributed by atoms with E-state index in [9.17, 15) is 4.79 Å². The van der Waals surface area contributed by atoms with Crippen LogP contribution in [0.2, 0.25) is 0 Å². The van der Waals surface area contributed by atoms with Gasteiger partial charge in [0.15, 0.2) is 0 Å². The normalized spacial score (nSPS) is 15.1. The largest absolute Gasteiger partial charge is 0.425 e. The van der Waals surface area contributed by atoms with Gasteiger partial charge in [-0.25, -0.2) is 4.98 Å². The van der Waals surface area contributed by atoms with Gasteiger partial charge in [-0.2, -0.15) is 0 Å². The summed E-state index contributed by atoms with van der Waals surface area (Å²) in [4.78, 5) is 18.3. The van der Waals surface area contributed by atoms with Crippen LogP contribution in [-0.2, 0) is 4.79 Å². The van der Waals surface area contributed by atoms with Crippen LogP contribution in [0.15, 0.2) is 72.9 Å². The van der Waals surface area contributed by atoms with Gasteiger partial charge in [0.25, 0.3) is 0 Å². The van der Waals surface area contributed by atoms with Gasteiger partial charge in [-0.3, -0.25) is 9.20 Å². The predicted molar refractivity (Wildman–Crippen MR) is 141 cm³/mol. The Morgan fingerprint density at radius 2 is 1.80 bits per heavy atom. The van der Waals surface area contributed by atoms with Gasteiger partial charge in [0.2, 0.25) is 0 Å². The molecule has 2 heterocycles. The number of imidazole rings is 1. The minimum Gasteiger partial charge on any atom is -0.425 e. The first-order valence-corrected chi connectivity index (χ1v) is 12.8. The number of fused-ring (bicyclic) bond motifs is 1. The fourth-order valence-electron chi connectivity index (χ4n) is 5.07. The monoisotopic (exact) mass is 467 g/mol. The molecule has 1 aliphatic carbocycles. The van der Waals surface area contributed by atoms with Crippen LogP contribution in [0.1, 0.15) is 62.5 Å². The van der Waals surface area contributed by atoms with Crippen LogP contribution in [0.25, 0.3) is 16.9 Å². The molecule has 1 saturated carbocycles. The van der Waals surface area contributed by atoms with Gasteiger partial charge in [-0.05, 0) is 61.6 Å². The van der Waals surface area contributed by atoms with Crippen molar-refractivity contribution in [3.63, 3.8) is 0 Å². The van der Waals surface area contributed by atoms with Crippen LogP contribution in [0.3, 0.4) is 0 Å². The van der Waals surface area contributed by atoms with E-state index in [1.807, 2.05) is 61.5 Å². The summed E-state index contributed by atoms with van der Waals surface area (Å²) in [6, 6.07) is 22.2. The molecule has 1 unspecified atom stereocenters. The van der Waals surface area contributed by atoms with E-state index in [4.69, 9.17) is 9.72 Å². The van der Waals surface area contributed by atoms with Crippen molar-refractivity contribution in [3.05, 3.63) is 84.1 Å². The van der Waals surface area contributed by atoms with Gasteiger partial charge in [-0.15, -0.1) is 0 Å². The number of aryl methyl sites for hydroxylation is 1. The molecular weight excluding hydrogens is 434 g/mol. The number of anilines is 1. The number of benzene rings is 2. The van der Waals surface area contributed by atoms with Gasteiger partial charge in [0, 0.05) is 17.8 Å². The Morgan fingerprint density at radius 3 is 2.57 bits per heavy atom. The van der Waals surface area contributed by atoms with Crippen LogP contribution in [-0.4, -0.2) is 21.4 Å². The van der Waals surface area contributed by atoms with Crippen molar-refractivity contribution in [1.29, 1.82) is 0 Å². The predicted octanol–water partition coefficient (Wildman–Crippen LogP) is 7.15. The van der Waals surface area contributed by atoms with Gasteiger partial charge >= 0.3 is 5.97 Å². The van der Waals surface area contributed by atoms with Crippen LogP contribution < -0.4 is 10.1 Å². The smallest absolute Gasteiger partial charge is 0.318 e. The topological polar surface area (TPSA) is 55.6 Å². The number of nitrogens with zero attached hydrogens (tertiary/aromatic N) is 2. The third kappa shape index (κ3) is 4.95. The highest BCUT2D eigenvalue weighted by Gasteiger charge is 2.25. The molecule has 2 aromatic carbocycles. The highest BCUT2D eigenvalue weighted by Crippen LogP contribution is 2.37. The Morgan fingerprint density at radius 1 is 1.06 bits per heavy atom. The maximum atomic E-state index is 13.3. The van der Waals surface area contributed by atoms with Crippen molar-refractivity contribution >= 4 is 17.4 Å². The fourth-order valence-corrected chi connectivity index (χ4v) is 5.07. The lowest BCUT2D eigenvalue weighted by molar-refractivity contribution is -0.136. The van der Waals surface area contributed by atoms with E-state index in [-0.39, 0.29) is 11.9 Å². The summed E-state index contributed by atoms with van der Waals surface area (Å²) in [5.74, 6) is 0.949. The molecule has 4 aromatic rings. The highest BCUT2D eigenvalue weighted by atomic mass is 16.5. The lowest BCUT2D eigenvalue weighted by Crippen LogP contribution is -2.23. The van der Waals surface area contributed by atoms with Crippen molar-refractivity contribution in [2.24, 2.45) is 0 Å². The van der Waals surface area contributed by atoms with E-state index in [1.54, 1.807) is 0 Å². The van der Waals surface area contributed by atoms with Crippen molar-refractivity contribution in [1.82, 2.24) is 9.38 Å². The Kier molecular flexibility index (Phi) is 6.84. The summed E-state index contributed by atoms with van der Waals surface area (Å²) in [6.45, 7) is 4.09. The lowest BCUT2D eigenvalue weighted by atomic mass is 9.95. The number of carbonyl (C=O) groups excluding carboxylic acids is 1. The molecule has 1 N–H and O–H groups in total. The number of hydrogen-bond donors (Lipinski definition) is 1. The molecule has 1 aliphatic rings. The molecule has 2 aromatic heterocycles. The second-order valence-electron chi connectivity index (χ2n) is 9.51. The number of hydrogen-bond acceptors (Lipinski definition) is 4. The van der Waals surface area contributed by atoms with Gasteiger partial charge < -0.3 is 10.1 Å². The quantitative estimate of drug-likeness (QED) is 0.232. The zero-order chi connectivity index (χ0) is 24.2. The molecule has 1 atom stereocenters. The van der Waals surface area contributed by atoms with E-state index in [2.05, 4.69) is 35.0 Å². The molecule has 0 amide bonds. The number of carbonyl (C=O) groups is 1. The molecule has 0 radical (unpaired) electrons. The van der Waals surface area contributed by atoms with Crippen LogP contribution in [0, 0.1) is 6.92 Å². The second kappa shape index (κ2) is 10.3. The summed E-state index contributed by atoms with van der Waals surface area (Å²) < 4.78 is 8.18. The molecule has 5 rings (SSSR count). The molecule has 35 heavy (non-hydrogen) atoms. The Bertz CT molecular complexity index is 1310. The summed E-state index contributed by atoms with van der Waals surface area (Å²) in [5.41, 5.74) is 4.66. The maximum Gasteiger partial charge on any atom is 0.318 e. The van der Waals surface area contributed by atoms with Crippen LogP contribution in [0.5, 0.6) is 5.75 Å². The lowest BCUT2D eigenvalue weighted by Gasteiger charge is -2.24. The van der Waals surface area contributed by atoms with E-state index < -0.39 is 0 Å². The molecule has 180 valence electrons. The van der Waals surface area contributed by atoms with E-state index >= 15 is 0 Å². The molecular formula is C30H33N3O2. The molecule has 0 bridgehead atoms. The van der Waals surface area contributed by atoms with Gasteiger partial charge in [0.1, 0.15) is 22.9 Å². The number of pyridine rings is 1. The Labute approximate surface area is 207 Å². The SMILES string of the molecule is CCC(C(=O)Oc1ccccc1-c1nc2cc(C)ccn2c1NC1CCCCC1)c1ccccc1. The molecule has 5 heteroatoms. The average molecular weight is 468 g/mol. The average Bonchev–Trinajstić information content (AvgIpc) is 3.23. The van der Waals surface area contributed by atoms with Crippen molar-refractivity contribution in [3.8, 4) is 17.0 Å². The zero-order valence-electron chi connectivity index (χ0n) is 20.5. The Hall–Kier alpha value is -3.60. The summed E-state index contributed by atoms with van der Waals surface area (Å²) in [5, 5.41) is 3.79. The summed E-state index contributed by atoms with van der Waals surface area (Å²) >= 11 is 0. The number of nitrogens with one attached hydrogen (secondary N) is 1. The minimum atomic E-state index is -0.312.